The molecule has 6 nitrogen and oxygen atoms in total. The zero-order valence-corrected chi connectivity index (χ0v) is 16.1. The largest absolute Gasteiger partial charge is 0.491 e. The quantitative estimate of drug-likeness (QED) is 0.565. The summed E-state index contributed by atoms with van der Waals surface area (Å²) in [5.41, 5.74) is 2.25. The first-order chi connectivity index (χ1) is 14.2. The van der Waals surface area contributed by atoms with Crippen LogP contribution in [-0.2, 0) is 4.74 Å². The highest BCUT2D eigenvalue weighted by Crippen LogP contribution is 2.18. The highest BCUT2D eigenvalue weighted by molar-refractivity contribution is 6.06. The van der Waals surface area contributed by atoms with Gasteiger partial charge in [0.05, 0.1) is 6.61 Å². The van der Waals surface area contributed by atoms with E-state index in [9.17, 15) is 9.59 Å². The molecule has 0 aliphatic rings. The minimum absolute atomic E-state index is 0.210. The molecule has 2 amide bonds. The van der Waals surface area contributed by atoms with Crippen molar-refractivity contribution < 1.29 is 19.1 Å². The fraction of sp³-hybridized carbons (Fsp3) is 0.130. The molecule has 0 aromatic heterocycles. The molecule has 0 aliphatic heterocycles. The first kappa shape index (κ1) is 20.1. The molecule has 0 bridgehead atoms. The van der Waals surface area contributed by atoms with E-state index in [-0.39, 0.29) is 11.8 Å². The molecule has 3 rings (SSSR count). The lowest BCUT2D eigenvalue weighted by atomic mass is 10.2. The molecule has 6 heteroatoms. The molecule has 0 aliphatic carbocycles. The second-order valence-corrected chi connectivity index (χ2v) is 6.22. The average molecular weight is 390 g/mol. The van der Waals surface area contributed by atoms with Gasteiger partial charge in [-0.25, -0.2) is 0 Å². The van der Waals surface area contributed by atoms with E-state index >= 15 is 0 Å². The number of hydrogen-bond donors (Lipinski definition) is 2. The number of anilines is 2. The zero-order chi connectivity index (χ0) is 20.5. The van der Waals surface area contributed by atoms with E-state index in [1.165, 1.54) is 0 Å². The molecule has 0 spiro atoms. The van der Waals surface area contributed by atoms with E-state index < -0.39 is 0 Å². The Morgan fingerprint density at radius 1 is 0.724 bits per heavy atom. The van der Waals surface area contributed by atoms with Gasteiger partial charge in [0.2, 0.25) is 0 Å². The molecule has 0 fully saturated rings. The Labute approximate surface area is 169 Å². The number of rotatable bonds is 8. The fourth-order valence-corrected chi connectivity index (χ4v) is 2.62. The smallest absolute Gasteiger partial charge is 0.255 e. The van der Waals surface area contributed by atoms with Gasteiger partial charge in [-0.05, 0) is 54.6 Å². The Balaban J connectivity index is 1.60. The van der Waals surface area contributed by atoms with Gasteiger partial charge in [0.25, 0.3) is 11.8 Å². The van der Waals surface area contributed by atoms with Crippen LogP contribution in [0.25, 0.3) is 0 Å². The maximum Gasteiger partial charge on any atom is 0.255 e. The number of nitrogens with one attached hydrogen (secondary N) is 2. The van der Waals surface area contributed by atoms with E-state index in [4.69, 9.17) is 9.47 Å². The SMILES string of the molecule is COCCOc1ccc(C(=O)Nc2cccc(NC(=O)c3ccccc3)c2)cc1. The minimum Gasteiger partial charge on any atom is -0.491 e. The summed E-state index contributed by atoms with van der Waals surface area (Å²) in [6.45, 7) is 0.947. The maximum absolute atomic E-state index is 12.5. The molecular weight excluding hydrogens is 368 g/mol. The maximum atomic E-state index is 12.5. The van der Waals surface area contributed by atoms with Crippen LogP contribution < -0.4 is 15.4 Å². The summed E-state index contributed by atoms with van der Waals surface area (Å²) >= 11 is 0. The van der Waals surface area contributed by atoms with E-state index in [1.54, 1.807) is 79.9 Å². The Morgan fingerprint density at radius 2 is 1.31 bits per heavy atom. The van der Waals surface area contributed by atoms with Crippen LogP contribution in [0.1, 0.15) is 20.7 Å². The molecule has 3 aromatic carbocycles. The van der Waals surface area contributed by atoms with Gasteiger partial charge in [0, 0.05) is 29.6 Å². The molecule has 148 valence electrons. The fourth-order valence-electron chi connectivity index (χ4n) is 2.62. The summed E-state index contributed by atoms with van der Waals surface area (Å²) in [5, 5.41) is 5.66. The van der Waals surface area contributed by atoms with E-state index in [0.717, 1.165) is 0 Å². The Morgan fingerprint density at radius 3 is 1.90 bits per heavy atom. The lowest BCUT2D eigenvalue weighted by Crippen LogP contribution is -2.14. The third kappa shape index (κ3) is 5.92. The van der Waals surface area contributed by atoms with Gasteiger partial charge >= 0.3 is 0 Å². The van der Waals surface area contributed by atoms with Crippen LogP contribution in [-0.4, -0.2) is 32.1 Å². The number of methoxy groups -OCH3 is 1. The lowest BCUT2D eigenvalue weighted by Gasteiger charge is -2.10. The Kier molecular flexibility index (Phi) is 6.97. The van der Waals surface area contributed by atoms with E-state index in [0.29, 0.717) is 41.5 Å². The standard InChI is InChI=1S/C23H22N2O4/c1-28-14-15-29-21-12-10-18(11-13-21)23(27)25-20-9-5-8-19(16-20)24-22(26)17-6-3-2-4-7-17/h2-13,16H,14-15H2,1H3,(H,24,26)(H,25,27). The van der Waals surface area contributed by atoms with E-state index in [1.807, 2.05) is 6.07 Å². The summed E-state index contributed by atoms with van der Waals surface area (Å²) in [5.74, 6) is 0.210. The van der Waals surface area contributed by atoms with Gasteiger partial charge in [-0.15, -0.1) is 0 Å². The third-order valence-corrected chi connectivity index (χ3v) is 4.09. The van der Waals surface area contributed by atoms with Crippen molar-refractivity contribution in [2.45, 2.75) is 0 Å². The van der Waals surface area contributed by atoms with Crippen LogP contribution in [0.2, 0.25) is 0 Å². The summed E-state index contributed by atoms with van der Waals surface area (Å²) in [4.78, 5) is 24.8. The van der Waals surface area contributed by atoms with Crippen LogP contribution in [0.15, 0.2) is 78.9 Å². The monoisotopic (exact) mass is 390 g/mol. The van der Waals surface area contributed by atoms with Gasteiger partial charge in [-0.2, -0.15) is 0 Å². The summed E-state index contributed by atoms with van der Waals surface area (Å²) in [6.07, 6.45) is 0. The first-order valence-corrected chi connectivity index (χ1v) is 9.15. The number of carbonyl (C=O) groups excluding carboxylic acids is 2. The number of benzene rings is 3. The van der Waals surface area contributed by atoms with Crippen molar-refractivity contribution in [3.8, 4) is 5.75 Å². The molecule has 2 N–H and O–H groups in total. The van der Waals surface area contributed by atoms with Crippen LogP contribution in [0.3, 0.4) is 0 Å². The van der Waals surface area contributed by atoms with Gasteiger partial charge in [0.15, 0.2) is 0 Å². The van der Waals surface area contributed by atoms with E-state index in [2.05, 4.69) is 10.6 Å². The van der Waals surface area contributed by atoms with Gasteiger partial charge in [0.1, 0.15) is 12.4 Å². The predicted molar refractivity (Wildman–Crippen MR) is 113 cm³/mol. The molecule has 3 aromatic rings. The summed E-state index contributed by atoms with van der Waals surface area (Å²) in [6, 6.07) is 22.8. The Hall–Kier alpha value is -3.64. The molecule has 0 heterocycles. The van der Waals surface area contributed by atoms with Crippen LogP contribution in [0.4, 0.5) is 11.4 Å². The second kappa shape index (κ2) is 10.1. The molecule has 0 radical (unpaired) electrons. The third-order valence-electron chi connectivity index (χ3n) is 4.09. The number of carbonyl (C=O) groups is 2. The molecule has 29 heavy (non-hydrogen) atoms. The molecule has 0 saturated heterocycles. The minimum atomic E-state index is -0.250. The van der Waals surface area contributed by atoms with Crippen LogP contribution in [0.5, 0.6) is 5.75 Å². The second-order valence-electron chi connectivity index (χ2n) is 6.22. The van der Waals surface area contributed by atoms with Crippen molar-refractivity contribution in [3.63, 3.8) is 0 Å². The summed E-state index contributed by atoms with van der Waals surface area (Å²) in [7, 11) is 1.61. The molecule has 0 atom stereocenters. The number of ether oxygens (including phenoxy) is 2. The summed E-state index contributed by atoms with van der Waals surface area (Å²) < 4.78 is 10.4. The van der Waals surface area contributed by atoms with Crippen molar-refractivity contribution in [1.82, 2.24) is 0 Å². The molecular formula is C23H22N2O4. The number of hydrogen-bond acceptors (Lipinski definition) is 4. The van der Waals surface area contributed by atoms with Crippen molar-refractivity contribution in [1.29, 1.82) is 0 Å². The highest BCUT2D eigenvalue weighted by Gasteiger charge is 2.09. The number of amides is 2. The molecule has 0 unspecified atom stereocenters. The lowest BCUT2D eigenvalue weighted by molar-refractivity contribution is 0.101. The zero-order valence-electron chi connectivity index (χ0n) is 16.1. The van der Waals surface area contributed by atoms with Crippen molar-refractivity contribution in [2.24, 2.45) is 0 Å². The van der Waals surface area contributed by atoms with Crippen molar-refractivity contribution >= 4 is 23.2 Å². The highest BCUT2D eigenvalue weighted by atomic mass is 16.5. The van der Waals surface area contributed by atoms with Crippen molar-refractivity contribution in [2.75, 3.05) is 31.0 Å². The Bertz CT molecular complexity index is 956. The van der Waals surface area contributed by atoms with Crippen LogP contribution >= 0.6 is 0 Å². The van der Waals surface area contributed by atoms with Gasteiger partial charge in [-0.3, -0.25) is 9.59 Å². The average Bonchev–Trinajstić information content (AvgIpc) is 2.75. The first-order valence-electron chi connectivity index (χ1n) is 9.15. The predicted octanol–water partition coefficient (Wildman–Crippen LogP) is 4.22. The van der Waals surface area contributed by atoms with Crippen molar-refractivity contribution in [3.05, 3.63) is 90.0 Å². The molecule has 0 saturated carbocycles. The topological polar surface area (TPSA) is 76.7 Å². The van der Waals surface area contributed by atoms with Crippen LogP contribution in [0, 0.1) is 0 Å². The van der Waals surface area contributed by atoms with Gasteiger partial charge in [-0.1, -0.05) is 24.3 Å². The normalized spacial score (nSPS) is 10.2. The van der Waals surface area contributed by atoms with Gasteiger partial charge < -0.3 is 20.1 Å².